The SMILES string of the molecule is N[C@@H](CCF)c1csc2ccccc12. The molecule has 2 N–H and O–H groups in total. The van der Waals surface area contributed by atoms with Crippen LogP contribution in [0, 0.1) is 0 Å². The highest BCUT2D eigenvalue weighted by molar-refractivity contribution is 7.17. The largest absolute Gasteiger partial charge is 0.324 e. The van der Waals surface area contributed by atoms with Crippen LogP contribution in [0.25, 0.3) is 10.1 Å². The molecule has 2 aromatic rings. The molecule has 14 heavy (non-hydrogen) atoms. The van der Waals surface area contributed by atoms with Crippen LogP contribution in [0.1, 0.15) is 18.0 Å². The number of hydrogen-bond donors (Lipinski definition) is 1. The summed E-state index contributed by atoms with van der Waals surface area (Å²) in [6.45, 7) is -0.356. The summed E-state index contributed by atoms with van der Waals surface area (Å²) in [7, 11) is 0. The standard InChI is InChI=1S/C11H12FNS/c12-6-5-10(13)9-7-14-11-4-2-1-3-8(9)11/h1-4,7,10H,5-6,13H2/t10-/m0/s1. The molecule has 1 atom stereocenters. The highest BCUT2D eigenvalue weighted by Crippen LogP contribution is 2.30. The molecule has 3 heteroatoms. The topological polar surface area (TPSA) is 26.0 Å². The van der Waals surface area contributed by atoms with Gasteiger partial charge in [0.15, 0.2) is 0 Å². The second-order valence-corrected chi connectivity index (χ2v) is 4.18. The Morgan fingerprint density at radius 1 is 1.36 bits per heavy atom. The molecule has 1 nitrogen and oxygen atoms in total. The van der Waals surface area contributed by atoms with Gasteiger partial charge in [-0.15, -0.1) is 11.3 Å². The molecule has 0 spiro atoms. The zero-order valence-electron chi connectivity index (χ0n) is 7.74. The molecule has 1 heterocycles. The van der Waals surface area contributed by atoms with Crippen LogP contribution in [0.2, 0.25) is 0 Å². The Kier molecular flexibility index (Phi) is 2.79. The van der Waals surface area contributed by atoms with E-state index in [1.165, 1.54) is 10.1 Å². The van der Waals surface area contributed by atoms with Gasteiger partial charge in [0.25, 0.3) is 0 Å². The lowest BCUT2D eigenvalue weighted by molar-refractivity contribution is 0.443. The van der Waals surface area contributed by atoms with Gasteiger partial charge in [-0.1, -0.05) is 18.2 Å². The van der Waals surface area contributed by atoms with Gasteiger partial charge in [-0.2, -0.15) is 0 Å². The minimum absolute atomic E-state index is 0.170. The summed E-state index contributed by atoms with van der Waals surface area (Å²) in [5.41, 5.74) is 6.96. The second kappa shape index (κ2) is 4.07. The van der Waals surface area contributed by atoms with E-state index in [2.05, 4.69) is 6.07 Å². The smallest absolute Gasteiger partial charge is 0.0912 e. The van der Waals surface area contributed by atoms with Gasteiger partial charge in [0.1, 0.15) is 0 Å². The molecule has 0 amide bonds. The van der Waals surface area contributed by atoms with E-state index >= 15 is 0 Å². The maximum absolute atomic E-state index is 12.2. The van der Waals surface area contributed by atoms with Gasteiger partial charge in [-0.25, -0.2) is 0 Å². The molecule has 0 saturated carbocycles. The number of thiophene rings is 1. The normalized spacial score (nSPS) is 13.3. The third kappa shape index (κ3) is 1.65. The van der Waals surface area contributed by atoms with Gasteiger partial charge in [0, 0.05) is 10.7 Å². The van der Waals surface area contributed by atoms with Crippen molar-refractivity contribution >= 4 is 21.4 Å². The van der Waals surface area contributed by atoms with Crippen molar-refractivity contribution in [3.63, 3.8) is 0 Å². The molecule has 0 aliphatic carbocycles. The number of halogens is 1. The molecule has 0 saturated heterocycles. The molecule has 0 aliphatic heterocycles. The minimum Gasteiger partial charge on any atom is -0.324 e. The number of nitrogens with two attached hydrogens (primary N) is 1. The summed E-state index contributed by atoms with van der Waals surface area (Å²) in [4.78, 5) is 0. The van der Waals surface area contributed by atoms with Gasteiger partial charge in [-0.3, -0.25) is 4.39 Å². The van der Waals surface area contributed by atoms with E-state index in [1.54, 1.807) is 11.3 Å². The summed E-state index contributed by atoms with van der Waals surface area (Å²) >= 11 is 1.67. The zero-order chi connectivity index (χ0) is 9.97. The molecular formula is C11H12FNS. The van der Waals surface area contributed by atoms with Crippen LogP contribution in [0.4, 0.5) is 4.39 Å². The van der Waals surface area contributed by atoms with Gasteiger partial charge in [-0.05, 0) is 28.8 Å². The summed E-state index contributed by atoms with van der Waals surface area (Å²) < 4.78 is 13.4. The quantitative estimate of drug-likeness (QED) is 0.825. The Balaban J connectivity index is 2.42. The monoisotopic (exact) mass is 209 g/mol. The number of rotatable bonds is 3. The fourth-order valence-electron chi connectivity index (χ4n) is 1.56. The first-order valence-electron chi connectivity index (χ1n) is 4.60. The third-order valence-corrected chi connectivity index (χ3v) is 3.31. The number of alkyl halides is 1. The first-order chi connectivity index (χ1) is 6.83. The Morgan fingerprint density at radius 3 is 2.93 bits per heavy atom. The highest BCUT2D eigenvalue weighted by atomic mass is 32.1. The van der Waals surface area contributed by atoms with Crippen molar-refractivity contribution in [3.05, 3.63) is 35.2 Å². The van der Waals surface area contributed by atoms with Crippen molar-refractivity contribution in [2.24, 2.45) is 5.73 Å². The van der Waals surface area contributed by atoms with Crippen molar-refractivity contribution in [3.8, 4) is 0 Å². The lowest BCUT2D eigenvalue weighted by Crippen LogP contribution is -2.10. The van der Waals surface area contributed by atoms with Crippen molar-refractivity contribution in [2.75, 3.05) is 6.67 Å². The first-order valence-corrected chi connectivity index (χ1v) is 5.48. The molecule has 0 radical (unpaired) electrons. The van der Waals surface area contributed by atoms with Crippen LogP contribution in [-0.2, 0) is 0 Å². The number of benzene rings is 1. The lowest BCUT2D eigenvalue weighted by Gasteiger charge is -2.07. The number of fused-ring (bicyclic) bond motifs is 1. The Labute approximate surface area is 86.4 Å². The van der Waals surface area contributed by atoms with Crippen LogP contribution >= 0.6 is 11.3 Å². The fraction of sp³-hybridized carbons (Fsp3) is 0.273. The van der Waals surface area contributed by atoms with Crippen molar-refractivity contribution in [2.45, 2.75) is 12.5 Å². The van der Waals surface area contributed by atoms with Crippen LogP contribution < -0.4 is 5.73 Å². The van der Waals surface area contributed by atoms with Crippen LogP contribution in [-0.4, -0.2) is 6.67 Å². The predicted octanol–water partition coefficient (Wildman–Crippen LogP) is 3.26. The zero-order valence-corrected chi connectivity index (χ0v) is 8.56. The van der Waals surface area contributed by atoms with E-state index in [9.17, 15) is 4.39 Å². The van der Waals surface area contributed by atoms with E-state index in [-0.39, 0.29) is 12.7 Å². The maximum atomic E-state index is 12.2. The summed E-state index contributed by atoms with van der Waals surface area (Å²) in [5.74, 6) is 0. The predicted molar refractivity (Wildman–Crippen MR) is 59.3 cm³/mol. The van der Waals surface area contributed by atoms with Crippen LogP contribution in [0.5, 0.6) is 0 Å². The Hall–Kier alpha value is -0.930. The molecule has 1 aromatic carbocycles. The van der Waals surface area contributed by atoms with Gasteiger partial charge in [0.2, 0.25) is 0 Å². The Morgan fingerprint density at radius 2 is 2.14 bits per heavy atom. The minimum atomic E-state index is -0.356. The average Bonchev–Trinajstić information content (AvgIpc) is 2.61. The van der Waals surface area contributed by atoms with Crippen molar-refractivity contribution in [1.29, 1.82) is 0 Å². The van der Waals surface area contributed by atoms with E-state index in [0.717, 1.165) is 5.56 Å². The molecule has 2 rings (SSSR count). The van der Waals surface area contributed by atoms with Crippen LogP contribution in [0.15, 0.2) is 29.6 Å². The third-order valence-electron chi connectivity index (χ3n) is 2.33. The summed E-state index contributed by atoms with van der Waals surface area (Å²) in [6, 6.07) is 7.92. The molecular weight excluding hydrogens is 197 g/mol. The summed E-state index contributed by atoms with van der Waals surface area (Å²) in [5, 5.41) is 3.20. The molecule has 74 valence electrons. The van der Waals surface area contributed by atoms with E-state index in [1.807, 2.05) is 23.6 Å². The van der Waals surface area contributed by atoms with Crippen molar-refractivity contribution in [1.82, 2.24) is 0 Å². The lowest BCUT2D eigenvalue weighted by atomic mass is 10.0. The van der Waals surface area contributed by atoms with E-state index in [0.29, 0.717) is 6.42 Å². The average molecular weight is 209 g/mol. The molecule has 0 fully saturated rings. The fourth-order valence-corrected chi connectivity index (χ4v) is 2.58. The maximum Gasteiger partial charge on any atom is 0.0912 e. The highest BCUT2D eigenvalue weighted by Gasteiger charge is 2.10. The molecule has 0 aliphatic rings. The van der Waals surface area contributed by atoms with Gasteiger partial charge < -0.3 is 5.73 Å². The van der Waals surface area contributed by atoms with Crippen molar-refractivity contribution < 1.29 is 4.39 Å². The number of hydrogen-bond acceptors (Lipinski definition) is 2. The summed E-state index contributed by atoms with van der Waals surface area (Å²) in [6.07, 6.45) is 0.403. The van der Waals surface area contributed by atoms with E-state index in [4.69, 9.17) is 5.73 Å². The Bertz CT molecular complexity index is 424. The molecule has 0 bridgehead atoms. The first kappa shape index (κ1) is 9.62. The van der Waals surface area contributed by atoms with Crippen LogP contribution in [0.3, 0.4) is 0 Å². The molecule has 0 unspecified atom stereocenters. The molecule has 1 aromatic heterocycles. The second-order valence-electron chi connectivity index (χ2n) is 3.27. The van der Waals surface area contributed by atoms with Gasteiger partial charge >= 0.3 is 0 Å². The van der Waals surface area contributed by atoms with Gasteiger partial charge in [0.05, 0.1) is 6.67 Å². The van der Waals surface area contributed by atoms with E-state index < -0.39 is 0 Å².